The van der Waals surface area contributed by atoms with Gasteiger partial charge in [0.2, 0.25) is 0 Å². The Labute approximate surface area is 99.0 Å². The molecule has 0 aromatic heterocycles. The second-order valence-electron chi connectivity index (χ2n) is 3.07. The fourth-order valence-electron chi connectivity index (χ4n) is 1.30. The number of hydrogen-bond donors (Lipinski definition) is 2. The molecule has 0 bridgehead atoms. The summed E-state index contributed by atoms with van der Waals surface area (Å²) in [6.07, 6.45) is 1.91. The predicted molar refractivity (Wildman–Crippen MR) is 64.9 cm³/mol. The van der Waals surface area contributed by atoms with E-state index in [0.29, 0.717) is 4.47 Å². The SMILES string of the molecule is CCC[C@@H](N)c1cccc(Br)c1O.Cl. The van der Waals surface area contributed by atoms with E-state index in [9.17, 15) is 5.11 Å². The zero-order valence-electron chi connectivity index (χ0n) is 8.03. The van der Waals surface area contributed by atoms with Gasteiger partial charge in [-0.3, -0.25) is 0 Å². The molecular weight excluding hydrogens is 265 g/mol. The molecule has 0 fully saturated rings. The average Bonchev–Trinajstić information content (AvgIpc) is 2.10. The van der Waals surface area contributed by atoms with Crippen molar-refractivity contribution in [2.75, 3.05) is 0 Å². The number of nitrogens with two attached hydrogens (primary N) is 1. The Bertz CT molecular complexity index is 293. The molecule has 1 atom stereocenters. The fourth-order valence-corrected chi connectivity index (χ4v) is 1.68. The number of aromatic hydroxyl groups is 1. The molecule has 0 aliphatic heterocycles. The van der Waals surface area contributed by atoms with Crippen LogP contribution in [0.3, 0.4) is 0 Å². The van der Waals surface area contributed by atoms with Crippen molar-refractivity contribution in [3.8, 4) is 5.75 Å². The third-order valence-electron chi connectivity index (χ3n) is 2.02. The largest absolute Gasteiger partial charge is 0.506 e. The Kier molecular flexibility index (Phi) is 6.16. The standard InChI is InChI=1S/C10H14BrNO.ClH/c1-2-4-9(12)7-5-3-6-8(11)10(7)13;/h3,5-6,9,13H,2,4,12H2,1H3;1H/t9-;/m1./s1. The van der Waals surface area contributed by atoms with Gasteiger partial charge in [0.05, 0.1) is 4.47 Å². The highest BCUT2D eigenvalue weighted by Gasteiger charge is 2.11. The van der Waals surface area contributed by atoms with Crippen LogP contribution in [0.4, 0.5) is 0 Å². The molecule has 0 amide bonds. The quantitative estimate of drug-likeness (QED) is 0.891. The highest BCUT2D eigenvalue weighted by molar-refractivity contribution is 9.10. The summed E-state index contributed by atoms with van der Waals surface area (Å²) < 4.78 is 0.705. The first-order valence-corrected chi connectivity index (χ1v) is 5.19. The highest BCUT2D eigenvalue weighted by atomic mass is 79.9. The van der Waals surface area contributed by atoms with Gasteiger partial charge in [0, 0.05) is 11.6 Å². The molecule has 2 nitrogen and oxygen atoms in total. The Balaban J connectivity index is 0.00000169. The van der Waals surface area contributed by atoms with Gasteiger partial charge in [-0.25, -0.2) is 0 Å². The van der Waals surface area contributed by atoms with Gasteiger partial charge >= 0.3 is 0 Å². The Morgan fingerprint density at radius 3 is 2.71 bits per heavy atom. The number of halogens is 2. The number of hydrogen-bond acceptors (Lipinski definition) is 2. The van der Waals surface area contributed by atoms with Gasteiger partial charge in [0.15, 0.2) is 0 Å². The summed E-state index contributed by atoms with van der Waals surface area (Å²) in [5, 5.41) is 9.67. The molecule has 0 saturated heterocycles. The molecule has 4 heteroatoms. The van der Waals surface area contributed by atoms with Gasteiger partial charge in [-0.15, -0.1) is 12.4 Å². The van der Waals surface area contributed by atoms with Crippen LogP contribution >= 0.6 is 28.3 Å². The minimum absolute atomic E-state index is 0. The van der Waals surface area contributed by atoms with Gasteiger partial charge in [0.25, 0.3) is 0 Å². The van der Waals surface area contributed by atoms with Gasteiger partial charge in [-0.2, -0.15) is 0 Å². The van der Waals surface area contributed by atoms with E-state index < -0.39 is 0 Å². The van der Waals surface area contributed by atoms with Crippen molar-refractivity contribution in [1.82, 2.24) is 0 Å². The normalized spacial score (nSPS) is 11.9. The maximum atomic E-state index is 9.67. The van der Waals surface area contributed by atoms with Crippen molar-refractivity contribution < 1.29 is 5.11 Å². The van der Waals surface area contributed by atoms with Gasteiger partial charge in [0.1, 0.15) is 5.75 Å². The molecule has 1 aromatic carbocycles. The van der Waals surface area contributed by atoms with Crippen molar-refractivity contribution in [3.63, 3.8) is 0 Å². The molecule has 0 unspecified atom stereocenters. The first-order valence-electron chi connectivity index (χ1n) is 4.39. The lowest BCUT2D eigenvalue weighted by Gasteiger charge is -2.13. The number of phenolic OH excluding ortho intramolecular Hbond substituents is 1. The van der Waals surface area contributed by atoms with E-state index in [2.05, 4.69) is 22.9 Å². The maximum absolute atomic E-state index is 9.67. The van der Waals surface area contributed by atoms with E-state index in [1.54, 1.807) is 6.07 Å². The number of phenols is 1. The number of rotatable bonds is 3. The number of para-hydroxylation sites is 1. The lowest BCUT2D eigenvalue weighted by Crippen LogP contribution is -2.09. The summed E-state index contributed by atoms with van der Waals surface area (Å²) >= 11 is 3.26. The van der Waals surface area contributed by atoms with Crippen LogP contribution in [-0.4, -0.2) is 5.11 Å². The second-order valence-corrected chi connectivity index (χ2v) is 3.93. The van der Waals surface area contributed by atoms with Crippen molar-refractivity contribution in [3.05, 3.63) is 28.2 Å². The summed E-state index contributed by atoms with van der Waals surface area (Å²) in [4.78, 5) is 0. The zero-order chi connectivity index (χ0) is 9.84. The molecule has 0 aliphatic rings. The summed E-state index contributed by atoms with van der Waals surface area (Å²) in [5.74, 6) is 0.267. The van der Waals surface area contributed by atoms with Crippen molar-refractivity contribution in [1.29, 1.82) is 0 Å². The Morgan fingerprint density at radius 2 is 2.14 bits per heavy atom. The van der Waals surface area contributed by atoms with Crippen LogP contribution in [0.1, 0.15) is 31.4 Å². The van der Waals surface area contributed by atoms with Gasteiger partial charge in [-0.05, 0) is 28.4 Å². The Morgan fingerprint density at radius 1 is 1.50 bits per heavy atom. The molecule has 1 rings (SSSR count). The van der Waals surface area contributed by atoms with E-state index in [1.165, 1.54) is 0 Å². The lowest BCUT2D eigenvalue weighted by atomic mass is 10.0. The minimum Gasteiger partial charge on any atom is -0.506 e. The molecule has 0 spiro atoms. The van der Waals surface area contributed by atoms with E-state index in [4.69, 9.17) is 5.73 Å². The monoisotopic (exact) mass is 279 g/mol. The number of benzene rings is 1. The molecule has 0 aliphatic carbocycles. The highest BCUT2D eigenvalue weighted by Crippen LogP contribution is 2.32. The predicted octanol–water partition coefficient (Wildman–Crippen LogP) is 3.38. The molecule has 0 heterocycles. The summed E-state index contributed by atoms with van der Waals surface area (Å²) in [6.45, 7) is 2.08. The van der Waals surface area contributed by atoms with Crippen LogP contribution in [0.25, 0.3) is 0 Å². The smallest absolute Gasteiger partial charge is 0.134 e. The van der Waals surface area contributed by atoms with Crippen LogP contribution < -0.4 is 5.73 Å². The third-order valence-corrected chi connectivity index (χ3v) is 2.66. The molecular formula is C10H15BrClNO. The lowest BCUT2D eigenvalue weighted by molar-refractivity contribution is 0.454. The Hall–Kier alpha value is -0.250. The van der Waals surface area contributed by atoms with E-state index in [1.807, 2.05) is 12.1 Å². The third kappa shape index (κ3) is 3.15. The van der Waals surface area contributed by atoms with Crippen LogP contribution in [-0.2, 0) is 0 Å². The molecule has 1 aromatic rings. The van der Waals surface area contributed by atoms with Crippen molar-refractivity contribution in [2.24, 2.45) is 5.73 Å². The van der Waals surface area contributed by atoms with Gasteiger partial charge in [-0.1, -0.05) is 25.5 Å². The molecule has 80 valence electrons. The van der Waals surface area contributed by atoms with Crippen LogP contribution in [0.15, 0.2) is 22.7 Å². The first-order chi connectivity index (χ1) is 6.16. The van der Waals surface area contributed by atoms with E-state index in [0.717, 1.165) is 18.4 Å². The average molecular weight is 281 g/mol. The molecule has 0 radical (unpaired) electrons. The molecule has 3 N–H and O–H groups in total. The summed E-state index contributed by atoms with van der Waals surface area (Å²) in [6, 6.07) is 5.48. The first kappa shape index (κ1) is 13.8. The molecule has 0 saturated carbocycles. The fraction of sp³-hybridized carbons (Fsp3) is 0.400. The zero-order valence-corrected chi connectivity index (χ0v) is 10.4. The van der Waals surface area contributed by atoms with Crippen LogP contribution in [0, 0.1) is 0 Å². The summed E-state index contributed by atoms with van der Waals surface area (Å²) in [7, 11) is 0. The second kappa shape index (κ2) is 6.27. The van der Waals surface area contributed by atoms with Crippen molar-refractivity contribution in [2.45, 2.75) is 25.8 Å². The maximum Gasteiger partial charge on any atom is 0.134 e. The van der Waals surface area contributed by atoms with E-state index in [-0.39, 0.29) is 24.2 Å². The minimum atomic E-state index is -0.0671. The van der Waals surface area contributed by atoms with Crippen LogP contribution in [0.5, 0.6) is 5.75 Å². The molecule has 14 heavy (non-hydrogen) atoms. The van der Waals surface area contributed by atoms with Crippen LogP contribution in [0.2, 0.25) is 0 Å². The topological polar surface area (TPSA) is 46.2 Å². The van der Waals surface area contributed by atoms with Gasteiger partial charge < -0.3 is 10.8 Å². The van der Waals surface area contributed by atoms with E-state index >= 15 is 0 Å². The van der Waals surface area contributed by atoms with Crippen molar-refractivity contribution >= 4 is 28.3 Å². The summed E-state index contributed by atoms with van der Waals surface area (Å²) in [5.41, 5.74) is 6.71.